The highest BCUT2D eigenvalue weighted by Gasteiger charge is 2.17. The number of hydrogen-bond donors (Lipinski definition) is 1. The number of carbonyl (C=O) groups is 2. The molecule has 0 spiro atoms. The van der Waals surface area contributed by atoms with Gasteiger partial charge in [0.2, 0.25) is 10.0 Å². The van der Waals surface area contributed by atoms with E-state index in [1.165, 1.54) is 47.5 Å². The molecule has 1 aromatic heterocycles. The van der Waals surface area contributed by atoms with Gasteiger partial charge in [0.15, 0.2) is 6.61 Å². The summed E-state index contributed by atoms with van der Waals surface area (Å²) in [6.07, 6.45) is 0. The Morgan fingerprint density at radius 3 is 2.62 bits per heavy atom. The fraction of sp³-hybridized carbons (Fsp3) is 0.250. The van der Waals surface area contributed by atoms with Crippen LogP contribution in [0.2, 0.25) is 4.34 Å². The molecule has 2 aromatic rings. The van der Waals surface area contributed by atoms with E-state index < -0.39 is 22.6 Å². The Kier molecular flexibility index (Phi) is 6.76. The first-order valence-corrected chi connectivity index (χ1v) is 10.1. The number of sulfonamides is 1. The standard InChI is InChI=1S/C16H17ClN2O5S2/c1-18-26(22,23)13-5-3-4-11(8-13)16(21)24-10-15(20)19(2)9-12-6-7-14(17)25-12/h3-8,18H,9-10H2,1-2H3. The third-order valence-corrected chi connectivity index (χ3v) is 6.05. The first-order valence-electron chi connectivity index (χ1n) is 7.42. The summed E-state index contributed by atoms with van der Waals surface area (Å²) in [7, 11) is -0.813. The Morgan fingerprint density at radius 1 is 1.27 bits per heavy atom. The molecule has 140 valence electrons. The Bertz CT molecular complexity index is 911. The monoisotopic (exact) mass is 416 g/mol. The first kappa shape index (κ1) is 20.4. The molecule has 1 heterocycles. The van der Waals surface area contributed by atoms with Gasteiger partial charge in [0.25, 0.3) is 5.91 Å². The van der Waals surface area contributed by atoms with Gasteiger partial charge < -0.3 is 9.64 Å². The van der Waals surface area contributed by atoms with Crippen molar-refractivity contribution in [1.29, 1.82) is 0 Å². The van der Waals surface area contributed by atoms with Gasteiger partial charge in [0, 0.05) is 11.9 Å². The predicted molar refractivity (Wildman–Crippen MR) is 98.8 cm³/mol. The second kappa shape index (κ2) is 8.63. The number of nitrogens with one attached hydrogen (secondary N) is 1. The molecule has 0 aliphatic rings. The average molecular weight is 417 g/mol. The number of hydrogen-bond acceptors (Lipinski definition) is 6. The molecular formula is C16H17ClN2O5S2. The first-order chi connectivity index (χ1) is 12.2. The lowest BCUT2D eigenvalue weighted by Crippen LogP contribution is -2.30. The molecule has 0 saturated carbocycles. The molecule has 0 atom stereocenters. The minimum Gasteiger partial charge on any atom is -0.452 e. The van der Waals surface area contributed by atoms with Gasteiger partial charge in [-0.2, -0.15) is 0 Å². The van der Waals surface area contributed by atoms with Crippen LogP contribution in [0.15, 0.2) is 41.3 Å². The van der Waals surface area contributed by atoms with Crippen LogP contribution in [0, 0.1) is 0 Å². The molecule has 1 aromatic carbocycles. The molecule has 0 saturated heterocycles. The lowest BCUT2D eigenvalue weighted by atomic mass is 10.2. The maximum atomic E-state index is 12.1. The largest absolute Gasteiger partial charge is 0.452 e. The third kappa shape index (κ3) is 5.28. The normalized spacial score (nSPS) is 11.2. The summed E-state index contributed by atoms with van der Waals surface area (Å²) in [6.45, 7) is -0.0961. The number of carbonyl (C=O) groups excluding carboxylic acids is 2. The minimum absolute atomic E-state index is 0.0433. The zero-order valence-corrected chi connectivity index (χ0v) is 16.5. The van der Waals surface area contributed by atoms with E-state index in [1.807, 2.05) is 6.07 Å². The van der Waals surface area contributed by atoms with Crippen molar-refractivity contribution in [3.63, 3.8) is 0 Å². The van der Waals surface area contributed by atoms with Gasteiger partial charge in [-0.15, -0.1) is 11.3 Å². The molecule has 0 fully saturated rings. The van der Waals surface area contributed by atoms with Crippen molar-refractivity contribution in [2.75, 3.05) is 20.7 Å². The maximum Gasteiger partial charge on any atom is 0.338 e. The van der Waals surface area contributed by atoms with Crippen LogP contribution < -0.4 is 4.72 Å². The molecule has 10 heteroatoms. The molecule has 0 radical (unpaired) electrons. The van der Waals surface area contributed by atoms with Gasteiger partial charge in [-0.25, -0.2) is 17.9 Å². The summed E-state index contributed by atoms with van der Waals surface area (Å²) in [6, 6.07) is 8.94. The number of halogens is 1. The predicted octanol–water partition coefficient (Wildman–Crippen LogP) is 2.12. The average Bonchev–Trinajstić information content (AvgIpc) is 3.04. The zero-order valence-electron chi connectivity index (χ0n) is 14.1. The Balaban J connectivity index is 1.95. The van der Waals surface area contributed by atoms with E-state index in [-0.39, 0.29) is 16.4 Å². The summed E-state index contributed by atoms with van der Waals surface area (Å²) in [5, 5.41) is 0. The summed E-state index contributed by atoms with van der Waals surface area (Å²) in [4.78, 5) is 26.4. The van der Waals surface area contributed by atoms with Crippen molar-refractivity contribution in [3.05, 3.63) is 51.2 Å². The lowest BCUT2D eigenvalue weighted by Gasteiger charge is -2.16. The van der Waals surface area contributed by atoms with Crippen LogP contribution >= 0.6 is 22.9 Å². The van der Waals surface area contributed by atoms with E-state index in [0.717, 1.165) is 4.88 Å². The molecule has 0 bridgehead atoms. The van der Waals surface area contributed by atoms with Gasteiger partial charge >= 0.3 is 5.97 Å². The number of rotatable bonds is 7. The van der Waals surface area contributed by atoms with Crippen molar-refractivity contribution in [3.8, 4) is 0 Å². The second-order valence-corrected chi connectivity index (χ2v) is 8.95. The highest BCUT2D eigenvalue weighted by molar-refractivity contribution is 7.89. The van der Waals surface area contributed by atoms with E-state index in [0.29, 0.717) is 10.9 Å². The highest BCUT2D eigenvalue weighted by atomic mass is 35.5. The van der Waals surface area contributed by atoms with Crippen LogP contribution in [0.5, 0.6) is 0 Å². The second-order valence-electron chi connectivity index (χ2n) is 5.27. The number of benzene rings is 1. The van der Waals surface area contributed by atoms with E-state index in [4.69, 9.17) is 16.3 Å². The third-order valence-electron chi connectivity index (χ3n) is 3.42. The van der Waals surface area contributed by atoms with Crippen molar-refractivity contribution in [1.82, 2.24) is 9.62 Å². The van der Waals surface area contributed by atoms with Crippen LogP contribution in [0.1, 0.15) is 15.2 Å². The molecule has 0 unspecified atom stereocenters. The fourth-order valence-electron chi connectivity index (χ4n) is 1.99. The fourth-order valence-corrected chi connectivity index (χ4v) is 3.90. The zero-order chi connectivity index (χ0) is 19.3. The molecule has 1 amide bonds. The van der Waals surface area contributed by atoms with Gasteiger partial charge in [-0.05, 0) is 37.4 Å². The Labute approximate surface area is 160 Å². The van der Waals surface area contributed by atoms with E-state index in [9.17, 15) is 18.0 Å². The summed E-state index contributed by atoms with van der Waals surface area (Å²) < 4.78 is 31.3. The Morgan fingerprint density at radius 2 is 2.00 bits per heavy atom. The number of nitrogens with zero attached hydrogens (tertiary/aromatic N) is 1. The van der Waals surface area contributed by atoms with Crippen molar-refractivity contribution < 1.29 is 22.7 Å². The van der Waals surface area contributed by atoms with Crippen LogP contribution in [0.3, 0.4) is 0 Å². The number of thiophene rings is 1. The van der Waals surface area contributed by atoms with E-state index in [1.54, 1.807) is 13.1 Å². The van der Waals surface area contributed by atoms with E-state index >= 15 is 0 Å². The van der Waals surface area contributed by atoms with Crippen LogP contribution in [-0.2, 0) is 26.1 Å². The van der Waals surface area contributed by atoms with Gasteiger partial charge in [-0.3, -0.25) is 4.79 Å². The maximum absolute atomic E-state index is 12.1. The van der Waals surface area contributed by atoms with Crippen LogP contribution in [-0.4, -0.2) is 45.9 Å². The van der Waals surface area contributed by atoms with E-state index in [2.05, 4.69) is 4.72 Å². The number of likely N-dealkylation sites (N-methyl/N-ethyl adjacent to an activating group) is 1. The summed E-state index contributed by atoms with van der Waals surface area (Å²) in [5.74, 6) is -1.17. The lowest BCUT2D eigenvalue weighted by molar-refractivity contribution is -0.133. The molecular weight excluding hydrogens is 400 g/mol. The van der Waals surface area contributed by atoms with Crippen LogP contribution in [0.25, 0.3) is 0 Å². The molecule has 26 heavy (non-hydrogen) atoms. The molecule has 0 aliphatic heterocycles. The number of amides is 1. The summed E-state index contributed by atoms with van der Waals surface area (Å²) >= 11 is 7.21. The number of esters is 1. The van der Waals surface area contributed by atoms with Gasteiger partial charge in [0.05, 0.1) is 21.3 Å². The highest BCUT2D eigenvalue weighted by Crippen LogP contribution is 2.22. The topological polar surface area (TPSA) is 92.8 Å². The van der Waals surface area contributed by atoms with Crippen molar-refractivity contribution >= 4 is 44.8 Å². The molecule has 7 nitrogen and oxygen atoms in total. The van der Waals surface area contributed by atoms with Gasteiger partial charge in [0.1, 0.15) is 0 Å². The minimum atomic E-state index is -3.67. The SMILES string of the molecule is CNS(=O)(=O)c1cccc(C(=O)OCC(=O)N(C)Cc2ccc(Cl)s2)c1. The van der Waals surface area contributed by atoms with Gasteiger partial charge in [-0.1, -0.05) is 17.7 Å². The smallest absolute Gasteiger partial charge is 0.338 e. The van der Waals surface area contributed by atoms with Crippen molar-refractivity contribution in [2.24, 2.45) is 0 Å². The van der Waals surface area contributed by atoms with Crippen molar-refractivity contribution in [2.45, 2.75) is 11.4 Å². The van der Waals surface area contributed by atoms with Crippen LogP contribution in [0.4, 0.5) is 0 Å². The Hall–Kier alpha value is -1.94. The molecule has 2 rings (SSSR count). The number of ether oxygens (including phenoxy) is 1. The molecule has 1 N–H and O–H groups in total. The quantitative estimate of drug-likeness (QED) is 0.698. The molecule has 0 aliphatic carbocycles. The summed E-state index contributed by atoms with van der Waals surface area (Å²) in [5.41, 5.74) is 0.0433.